The topological polar surface area (TPSA) is 91.2 Å². The summed E-state index contributed by atoms with van der Waals surface area (Å²) in [6.07, 6.45) is 0.736. The van der Waals surface area contributed by atoms with Gasteiger partial charge in [0.05, 0.1) is 19.6 Å². The molecule has 0 aliphatic rings. The summed E-state index contributed by atoms with van der Waals surface area (Å²) >= 11 is 0. The Hall–Kier alpha value is -2.55. The second-order valence-electron chi connectivity index (χ2n) is 4.38. The van der Waals surface area contributed by atoms with Crippen LogP contribution in [0.4, 0.5) is 0 Å². The van der Waals surface area contributed by atoms with E-state index < -0.39 is 0 Å². The normalized spacial score (nSPS) is 9.52. The Morgan fingerprint density at radius 1 is 1.19 bits per heavy atom. The first-order valence-corrected chi connectivity index (χ1v) is 6.69. The van der Waals surface area contributed by atoms with Crippen LogP contribution in [0, 0.1) is 11.3 Å². The molecular weight excluding hydrogens is 270 g/mol. The highest BCUT2D eigenvalue weighted by Gasteiger charge is 2.07. The van der Waals surface area contributed by atoms with Gasteiger partial charge in [-0.1, -0.05) is 18.2 Å². The van der Waals surface area contributed by atoms with Crippen LogP contribution in [0.15, 0.2) is 24.3 Å². The maximum Gasteiger partial charge on any atom is 0.234 e. The first-order chi connectivity index (χ1) is 10.2. The SMILES string of the molecule is COc1ccccc1CC(=O)NCCCNC(=O)CC#N. The van der Waals surface area contributed by atoms with Crippen molar-refractivity contribution in [2.75, 3.05) is 20.2 Å². The van der Waals surface area contributed by atoms with Crippen LogP contribution in [-0.4, -0.2) is 32.0 Å². The summed E-state index contributed by atoms with van der Waals surface area (Å²) in [5.41, 5.74) is 0.833. The van der Waals surface area contributed by atoms with Crippen LogP contribution < -0.4 is 15.4 Å². The molecule has 1 aromatic carbocycles. The third-order valence-corrected chi connectivity index (χ3v) is 2.78. The van der Waals surface area contributed by atoms with Crippen molar-refractivity contribution in [1.29, 1.82) is 5.26 Å². The van der Waals surface area contributed by atoms with Gasteiger partial charge in [-0.3, -0.25) is 9.59 Å². The van der Waals surface area contributed by atoms with Gasteiger partial charge < -0.3 is 15.4 Å². The predicted molar refractivity (Wildman–Crippen MR) is 77.6 cm³/mol. The minimum absolute atomic E-state index is 0.0946. The number of carbonyl (C=O) groups is 2. The Morgan fingerprint density at radius 2 is 1.86 bits per heavy atom. The molecule has 0 aromatic heterocycles. The number of hydrogen-bond acceptors (Lipinski definition) is 4. The summed E-state index contributed by atoms with van der Waals surface area (Å²) in [6.45, 7) is 0.913. The average molecular weight is 289 g/mol. The molecular formula is C15H19N3O3. The van der Waals surface area contributed by atoms with Gasteiger partial charge in [-0.15, -0.1) is 0 Å². The molecule has 1 aromatic rings. The quantitative estimate of drug-likeness (QED) is 0.692. The molecule has 0 atom stereocenters. The zero-order valence-corrected chi connectivity index (χ0v) is 12.0. The molecule has 0 saturated heterocycles. The summed E-state index contributed by atoms with van der Waals surface area (Å²) in [5, 5.41) is 13.7. The number of para-hydroxylation sites is 1. The van der Waals surface area contributed by atoms with Gasteiger partial charge in [-0.2, -0.15) is 5.26 Å². The number of rotatable bonds is 8. The molecule has 0 bridgehead atoms. The van der Waals surface area contributed by atoms with Crippen LogP contribution >= 0.6 is 0 Å². The number of carbonyl (C=O) groups excluding carboxylic acids is 2. The molecule has 2 amide bonds. The Labute approximate surface area is 124 Å². The molecule has 0 heterocycles. The lowest BCUT2D eigenvalue weighted by Crippen LogP contribution is -2.30. The monoisotopic (exact) mass is 289 g/mol. The van der Waals surface area contributed by atoms with Crippen molar-refractivity contribution in [3.8, 4) is 11.8 Å². The van der Waals surface area contributed by atoms with Gasteiger partial charge in [0, 0.05) is 18.7 Å². The predicted octanol–water partition coefficient (Wildman–Crippen LogP) is 0.774. The fourth-order valence-electron chi connectivity index (χ4n) is 1.76. The van der Waals surface area contributed by atoms with Crippen molar-refractivity contribution < 1.29 is 14.3 Å². The maximum absolute atomic E-state index is 11.8. The maximum atomic E-state index is 11.8. The molecule has 6 nitrogen and oxygen atoms in total. The zero-order chi connectivity index (χ0) is 15.5. The lowest BCUT2D eigenvalue weighted by atomic mass is 10.1. The van der Waals surface area contributed by atoms with Crippen LogP contribution in [0.3, 0.4) is 0 Å². The molecule has 0 aliphatic carbocycles. The highest BCUT2D eigenvalue weighted by Crippen LogP contribution is 2.17. The summed E-state index contributed by atoms with van der Waals surface area (Å²) in [4.78, 5) is 22.8. The number of nitrogens with zero attached hydrogens (tertiary/aromatic N) is 1. The van der Waals surface area contributed by atoms with E-state index in [1.54, 1.807) is 13.2 Å². The molecule has 0 fully saturated rings. The van der Waals surface area contributed by atoms with Gasteiger partial charge in [0.15, 0.2) is 0 Å². The van der Waals surface area contributed by atoms with Crippen LogP contribution in [0.5, 0.6) is 5.75 Å². The Kier molecular flexibility index (Phi) is 7.36. The number of nitrogens with one attached hydrogen (secondary N) is 2. The van der Waals surface area contributed by atoms with E-state index >= 15 is 0 Å². The van der Waals surface area contributed by atoms with Crippen LogP contribution in [0.25, 0.3) is 0 Å². The number of amides is 2. The second kappa shape index (κ2) is 9.37. The first-order valence-electron chi connectivity index (χ1n) is 6.69. The van der Waals surface area contributed by atoms with E-state index in [1.807, 2.05) is 24.3 Å². The summed E-state index contributed by atoms with van der Waals surface area (Å²) in [5.74, 6) is 0.303. The van der Waals surface area contributed by atoms with E-state index in [-0.39, 0.29) is 24.7 Å². The van der Waals surface area contributed by atoms with Gasteiger partial charge in [-0.05, 0) is 12.5 Å². The fourth-order valence-corrected chi connectivity index (χ4v) is 1.76. The first kappa shape index (κ1) is 16.5. The number of hydrogen-bond donors (Lipinski definition) is 2. The lowest BCUT2D eigenvalue weighted by molar-refractivity contribution is -0.120. The van der Waals surface area contributed by atoms with Gasteiger partial charge >= 0.3 is 0 Å². The van der Waals surface area contributed by atoms with Crippen LogP contribution in [-0.2, 0) is 16.0 Å². The summed E-state index contributed by atoms with van der Waals surface area (Å²) in [7, 11) is 1.57. The number of ether oxygens (including phenoxy) is 1. The molecule has 2 N–H and O–H groups in total. The summed E-state index contributed by atoms with van der Waals surface area (Å²) < 4.78 is 5.18. The Bertz CT molecular complexity index is 523. The average Bonchev–Trinajstić information content (AvgIpc) is 2.47. The molecule has 21 heavy (non-hydrogen) atoms. The minimum Gasteiger partial charge on any atom is -0.496 e. The molecule has 0 radical (unpaired) electrons. The fraction of sp³-hybridized carbons (Fsp3) is 0.400. The Morgan fingerprint density at radius 3 is 2.52 bits per heavy atom. The molecule has 0 aliphatic heterocycles. The van der Waals surface area contributed by atoms with E-state index in [0.717, 1.165) is 5.56 Å². The van der Waals surface area contributed by atoms with Crippen molar-refractivity contribution in [3.63, 3.8) is 0 Å². The van der Waals surface area contributed by atoms with Crippen molar-refractivity contribution in [2.45, 2.75) is 19.3 Å². The third-order valence-electron chi connectivity index (χ3n) is 2.78. The van der Waals surface area contributed by atoms with E-state index in [4.69, 9.17) is 10.00 Å². The molecule has 1 rings (SSSR count). The number of methoxy groups -OCH3 is 1. The largest absolute Gasteiger partial charge is 0.496 e. The number of benzene rings is 1. The summed E-state index contributed by atoms with van der Waals surface area (Å²) in [6, 6.07) is 9.14. The van der Waals surface area contributed by atoms with Crippen molar-refractivity contribution in [3.05, 3.63) is 29.8 Å². The van der Waals surface area contributed by atoms with Crippen LogP contribution in [0.2, 0.25) is 0 Å². The van der Waals surface area contributed by atoms with Crippen molar-refractivity contribution in [2.24, 2.45) is 0 Å². The van der Waals surface area contributed by atoms with E-state index in [2.05, 4.69) is 10.6 Å². The van der Waals surface area contributed by atoms with Gasteiger partial charge in [0.1, 0.15) is 12.2 Å². The smallest absolute Gasteiger partial charge is 0.234 e. The van der Waals surface area contributed by atoms with Crippen molar-refractivity contribution in [1.82, 2.24) is 10.6 Å². The molecule has 0 saturated carbocycles. The van der Waals surface area contributed by atoms with E-state index in [0.29, 0.717) is 25.3 Å². The van der Waals surface area contributed by atoms with Gasteiger partial charge in [0.2, 0.25) is 11.8 Å². The Balaban J connectivity index is 2.23. The van der Waals surface area contributed by atoms with Crippen LogP contribution in [0.1, 0.15) is 18.4 Å². The third kappa shape index (κ3) is 6.43. The van der Waals surface area contributed by atoms with Crippen molar-refractivity contribution >= 4 is 11.8 Å². The van der Waals surface area contributed by atoms with Gasteiger partial charge in [-0.25, -0.2) is 0 Å². The molecule has 0 spiro atoms. The molecule has 112 valence electrons. The van der Waals surface area contributed by atoms with Gasteiger partial charge in [0.25, 0.3) is 0 Å². The minimum atomic E-state index is -0.294. The molecule has 0 unspecified atom stereocenters. The molecule has 6 heteroatoms. The standard InChI is InChI=1S/C15H19N3O3/c1-21-13-6-3-2-5-12(13)11-15(20)18-10-4-9-17-14(19)7-8-16/h2-3,5-6H,4,7,9-11H2,1H3,(H,17,19)(H,18,20). The zero-order valence-electron chi connectivity index (χ0n) is 12.0. The second-order valence-corrected chi connectivity index (χ2v) is 4.38. The van der Waals surface area contributed by atoms with E-state index in [1.165, 1.54) is 0 Å². The lowest BCUT2D eigenvalue weighted by Gasteiger charge is -2.09. The highest BCUT2D eigenvalue weighted by molar-refractivity contribution is 5.79. The highest BCUT2D eigenvalue weighted by atomic mass is 16.5. The number of nitriles is 1. The van der Waals surface area contributed by atoms with E-state index in [9.17, 15) is 9.59 Å².